The maximum atomic E-state index is 13.2. The maximum Gasteiger partial charge on any atom is 0.340 e. The number of esters is 2. The molecule has 2 N–H and O–H groups in total. The van der Waals surface area contributed by atoms with E-state index in [4.69, 9.17) is 28.9 Å². The molecule has 0 aromatic heterocycles. The number of anilines is 1. The van der Waals surface area contributed by atoms with E-state index in [9.17, 15) is 27.2 Å². The van der Waals surface area contributed by atoms with Gasteiger partial charge >= 0.3 is 11.9 Å². The van der Waals surface area contributed by atoms with E-state index in [1.165, 1.54) is 0 Å². The zero-order valence-corrected chi connectivity index (χ0v) is 17.7. The quantitative estimate of drug-likeness (QED) is 0.141. The third-order valence-electron chi connectivity index (χ3n) is 3.11. The lowest BCUT2D eigenvalue weighted by molar-refractivity contribution is 0.0590. The summed E-state index contributed by atoms with van der Waals surface area (Å²) in [5.41, 5.74) is 4.12. The Morgan fingerprint density at radius 3 is 1.75 bits per heavy atom. The molecular formula is C16H10Cl2F4INO4. The summed E-state index contributed by atoms with van der Waals surface area (Å²) in [4.78, 5) is 22.0. The molecule has 0 aliphatic rings. The van der Waals surface area contributed by atoms with Gasteiger partial charge in [-0.3, -0.25) is 0 Å². The first-order valence-electron chi connectivity index (χ1n) is 6.90. The van der Waals surface area contributed by atoms with Crippen LogP contribution in [0.3, 0.4) is 0 Å². The van der Waals surface area contributed by atoms with Gasteiger partial charge in [0, 0.05) is 0 Å². The second-order valence-electron chi connectivity index (χ2n) is 4.78. The van der Waals surface area contributed by atoms with E-state index in [2.05, 4.69) is 9.47 Å². The number of carbonyl (C=O) groups is 2. The van der Waals surface area contributed by atoms with Crippen molar-refractivity contribution in [1.82, 2.24) is 0 Å². The van der Waals surface area contributed by atoms with E-state index in [0.29, 0.717) is 0 Å². The minimum absolute atomic E-state index is 0.0548. The first-order chi connectivity index (χ1) is 13.0. The Balaban J connectivity index is 0.000000280. The van der Waals surface area contributed by atoms with Gasteiger partial charge < -0.3 is 15.2 Å². The van der Waals surface area contributed by atoms with Crippen LogP contribution in [0.25, 0.3) is 0 Å². The van der Waals surface area contributed by atoms with Crippen molar-refractivity contribution in [3.8, 4) is 0 Å². The molecule has 0 saturated heterocycles. The van der Waals surface area contributed by atoms with Crippen LogP contribution < -0.4 is 5.73 Å². The van der Waals surface area contributed by atoms with Crippen LogP contribution in [-0.4, -0.2) is 26.2 Å². The van der Waals surface area contributed by atoms with Crippen LogP contribution in [0.15, 0.2) is 12.1 Å². The molecule has 0 spiro atoms. The topological polar surface area (TPSA) is 78.6 Å². The minimum atomic E-state index is -1.16. The summed E-state index contributed by atoms with van der Waals surface area (Å²) in [5.74, 6) is -5.87. The van der Waals surface area contributed by atoms with Gasteiger partial charge in [-0.25, -0.2) is 27.2 Å². The van der Waals surface area contributed by atoms with Gasteiger partial charge in [0.05, 0.1) is 34.6 Å². The molecule has 2 rings (SSSR count). The maximum absolute atomic E-state index is 13.2. The van der Waals surface area contributed by atoms with Crippen molar-refractivity contribution in [2.45, 2.75) is 0 Å². The Morgan fingerprint density at radius 1 is 0.893 bits per heavy atom. The number of rotatable bonds is 2. The Morgan fingerprint density at radius 2 is 1.29 bits per heavy atom. The lowest BCUT2D eigenvalue weighted by Gasteiger charge is -2.06. The van der Waals surface area contributed by atoms with Gasteiger partial charge in [-0.2, -0.15) is 0 Å². The first-order valence-corrected chi connectivity index (χ1v) is 8.73. The molecule has 0 radical (unpaired) electrons. The molecular weight excluding hydrogens is 544 g/mol. The number of ether oxygens (including phenoxy) is 2. The monoisotopic (exact) mass is 553 g/mol. The van der Waals surface area contributed by atoms with E-state index in [-0.39, 0.29) is 14.7 Å². The lowest BCUT2D eigenvalue weighted by atomic mass is 10.1. The number of nitrogens with two attached hydrogens (primary N) is 1. The van der Waals surface area contributed by atoms with E-state index >= 15 is 0 Å². The number of hydrogen-bond donors (Lipinski definition) is 1. The molecule has 0 amide bonds. The van der Waals surface area contributed by atoms with Gasteiger partial charge in [0.1, 0.15) is 21.7 Å². The van der Waals surface area contributed by atoms with Crippen molar-refractivity contribution >= 4 is 63.4 Å². The highest BCUT2D eigenvalue weighted by atomic mass is 127. The highest BCUT2D eigenvalue weighted by Crippen LogP contribution is 2.28. The molecule has 0 heterocycles. The van der Waals surface area contributed by atoms with Crippen LogP contribution in [0.4, 0.5) is 23.2 Å². The number of halogens is 7. The van der Waals surface area contributed by atoms with Crippen LogP contribution in [0.1, 0.15) is 20.7 Å². The summed E-state index contributed by atoms with van der Waals surface area (Å²) in [6.45, 7) is 0. The summed E-state index contributed by atoms with van der Waals surface area (Å²) >= 11 is 12.1. The normalized spacial score (nSPS) is 10.0. The van der Waals surface area contributed by atoms with Crippen LogP contribution in [0.2, 0.25) is 10.0 Å². The summed E-state index contributed by atoms with van der Waals surface area (Å²) in [7, 11) is 2.20. The van der Waals surface area contributed by atoms with Crippen molar-refractivity contribution in [1.29, 1.82) is 0 Å². The molecule has 0 atom stereocenters. The molecule has 0 bridgehead atoms. The molecule has 0 aliphatic heterocycles. The van der Waals surface area contributed by atoms with Crippen LogP contribution in [0, 0.1) is 26.8 Å². The fraction of sp³-hybridized carbons (Fsp3) is 0.125. The predicted molar refractivity (Wildman–Crippen MR) is 103 cm³/mol. The summed E-state index contributed by atoms with van der Waals surface area (Å²) in [5, 5.41) is -1.36. The second kappa shape index (κ2) is 10.1. The van der Waals surface area contributed by atoms with Gasteiger partial charge in [-0.1, -0.05) is 23.2 Å². The van der Waals surface area contributed by atoms with Crippen molar-refractivity contribution in [3.05, 3.63) is 60.1 Å². The molecule has 0 saturated carbocycles. The second-order valence-corrected chi connectivity index (χ2v) is 6.61. The fourth-order valence-corrected chi connectivity index (χ4v) is 2.83. The van der Waals surface area contributed by atoms with Crippen LogP contribution in [0.5, 0.6) is 0 Å². The molecule has 12 heteroatoms. The average Bonchev–Trinajstić information content (AvgIpc) is 2.69. The zero-order chi connectivity index (χ0) is 21.8. The van der Waals surface area contributed by atoms with E-state index in [0.717, 1.165) is 26.4 Å². The smallest absolute Gasteiger partial charge is 0.340 e. The minimum Gasteiger partial charge on any atom is -0.465 e. The molecule has 2 aromatic rings. The molecule has 5 nitrogen and oxygen atoms in total. The van der Waals surface area contributed by atoms with Gasteiger partial charge in [-0.15, -0.1) is 0 Å². The average molecular weight is 554 g/mol. The van der Waals surface area contributed by atoms with Crippen molar-refractivity contribution in [2.75, 3.05) is 20.0 Å². The third kappa shape index (κ3) is 5.17. The summed E-state index contributed by atoms with van der Waals surface area (Å²) in [6, 6.07) is 1.58. The SMILES string of the molecule is COC(=O)c1cc(F)c(Cl)c(F)c1I.COC(=O)c1cc(F)c(Cl)c(F)c1N. The molecule has 2 aromatic carbocycles. The molecule has 0 aliphatic carbocycles. The Labute approximate surface area is 179 Å². The molecule has 0 unspecified atom stereocenters. The van der Waals surface area contributed by atoms with Gasteiger partial charge in [0.2, 0.25) is 0 Å². The van der Waals surface area contributed by atoms with Crippen molar-refractivity contribution in [2.24, 2.45) is 0 Å². The number of benzene rings is 2. The summed E-state index contributed by atoms with van der Waals surface area (Å²) in [6.07, 6.45) is 0. The first kappa shape index (κ1) is 24.2. The molecule has 152 valence electrons. The predicted octanol–water partition coefficient (Wildman–Crippen LogP) is 5.00. The summed E-state index contributed by atoms with van der Waals surface area (Å²) < 4.78 is 60.6. The van der Waals surface area contributed by atoms with Gasteiger partial charge in [0.15, 0.2) is 11.6 Å². The number of carbonyl (C=O) groups excluding carboxylic acids is 2. The highest BCUT2D eigenvalue weighted by Gasteiger charge is 2.21. The highest BCUT2D eigenvalue weighted by molar-refractivity contribution is 14.1. The third-order valence-corrected chi connectivity index (χ3v) is 4.86. The van der Waals surface area contributed by atoms with E-state index in [1.807, 2.05) is 0 Å². The Bertz CT molecular complexity index is 868. The fourth-order valence-electron chi connectivity index (χ4n) is 1.72. The van der Waals surface area contributed by atoms with Gasteiger partial charge in [-0.05, 0) is 34.7 Å². The number of nitrogen functional groups attached to an aromatic ring is 1. The molecule has 0 fully saturated rings. The molecule has 28 heavy (non-hydrogen) atoms. The van der Waals surface area contributed by atoms with E-state index < -0.39 is 50.9 Å². The Kier molecular flexibility index (Phi) is 8.76. The van der Waals surface area contributed by atoms with Gasteiger partial charge in [0.25, 0.3) is 0 Å². The number of methoxy groups -OCH3 is 2. The largest absolute Gasteiger partial charge is 0.465 e. The van der Waals surface area contributed by atoms with Crippen LogP contribution >= 0.6 is 45.8 Å². The Hall–Kier alpha value is -1.79. The van der Waals surface area contributed by atoms with Crippen LogP contribution in [-0.2, 0) is 9.47 Å². The number of hydrogen-bond acceptors (Lipinski definition) is 5. The van der Waals surface area contributed by atoms with Crippen molar-refractivity contribution in [3.63, 3.8) is 0 Å². The van der Waals surface area contributed by atoms with E-state index in [1.54, 1.807) is 22.6 Å². The zero-order valence-electron chi connectivity index (χ0n) is 14.0. The van der Waals surface area contributed by atoms with Crippen molar-refractivity contribution < 1.29 is 36.6 Å². The standard InChI is InChI=1S/C8H4ClF2IO2.C8H6ClF2NO2/c2*1-14-8(13)3-2-4(10)5(9)6(11)7(3)12/h2H,1H3;2H,12H2,1H3. The lowest BCUT2D eigenvalue weighted by Crippen LogP contribution is -2.08.